The molecule has 1 saturated carbocycles. The summed E-state index contributed by atoms with van der Waals surface area (Å²) in [5.41, 5.74) is 1.77. The average molecular weight is 345 g/mol. The van der Waals surface area contributed by atoms with Crippen LogP contribution in [0.1, 0.15) is 28.8 Å². The maximum atomic E-state index is 12.0. The molecule has 1 amide bonds. The number of aryl methyl sites for hydroxylation is 1. The number of aliphatic hydroxyl groups is 1. The number of aliphatic hydroxyl groups excluding tert-OH is 1. The normalized spacial score (nSPS) is 16.6. The lowest BCUT2D eigenvalue weighted by molar-refractivity contribution is 0.0934. The minimum absolute atomic E-state index is 0.0368. The van der Waals surface area contributed by atoms with Crippen molar-refractivity contribution in [1.29, 1.82) is 0 Å². The molecule has 1 aromatic rings. The summed E-state index contributed by atoms with van der Waals surface area (Å²) >= 11 is 2.17. The monoisotopic (exact) mass is 345 g/mol. The van der Waals surface area contributed by atoms with Crippen molar-refractivity contribution in [1.82, 2.24) is 5.32 Å². The van der Waals surface area contributed by atoms with Crippen LogP contribution in [0.5, 0.6) is 0 Å². The van der Waals surface area contributed by atoms with Gasteiger partial charge in [-0.3, -0.25) is 4.79 Å². The first-order valence-electron chi connectivity index (χ1n) is 5.72. The van der Waals surface area contributed by atoms with Crippen LogP contribution < -0.4 is 5.32 Å². The van der Waals surface area contributed by atoms with Gasteiger partial charge in [-0.05, 0) is 54.5 Å². The lowest BCUT2D eigenvalue weighted by atomic mass is 10.1. The summed E-state index contributed by atoms with van der Waals surface area (Å²) in [4.78, 5) is 12.0. The van der Waals surface area contributed by atoms with Crippen LogP contribution in [-0.2, 0) is 0 Å². The number of carbonyl (C=O) groups is 1. The summed E-state index contributed by atoms with van der Waals surface area (Å²) in [7, 11) is 0. The van der Waals surface area contributed by atoms with Gasteiger partial charge in [0.1, 0.15) is 0 Å². The Morgan fingerprint density at radius 2 is 2.24 bits per heavy atom. The predicted octanol–water partition coefficient (Wildman–Crippen LogP) is 2.10. The van der Waals surface area contributed by atoms with Gasteiger partial charge in [0.25, 0.3) is 5.91 Å². The number of hydrogen-bond acceptors (Lipinski definition) is 2. The fourth-order valence-electron chi connectivity index (χ4n) is 1.74. The van der Waals surface area contributed by atoms with Crippen LogP contribution in [0.15, 0.2) is 18.2 Å². The quantitative estimate of drug-likeness (QED) is 0.822. The van der Waals surface area contributed by atoms with Crippen LogP contribution >= 0.6 is 22.6 Å². The smallest absolute Gasteiger partial charge is 0.252 e. The number of carbonyl (C=O) groups excluding carboxylic acids is 1. The van der Waals surface area contributed by atoms with Crippen LogP contribution in [0, 0.1) is 15.9 Å². The van der Waals surface area contributed by atoms with Crippen molar-refractivity contribution < 1.29 is 9.90 Å². The molecule has 1 aliphatic carbocycles. The van der Waals surface area contributed by atoms with E-state index in [1.807, 2.05) is 25.1 Å². The van der Waals surface area contributed by atoms with E-state index in [0.717, 1.165) is 27.5 Å². The fraction of sp³-hybridized carbons (Fsp3) is 0.462. The largest absolute Gasteiger partial charge is 0.396 e. The Balaban J connectivity index is 2.02. The molecule has 0 saturated heterocycles. The second kappa shape index (κ2) is 4.94. The maximum absolute atomic E-state index is 12.0. The molecule has 0 aliphatic heterocycles. The van der Waals surface area contributed by atoms with Gasteiger partial charge in [-0.15, -0.1) is 0 Å². The fourth-order valence-corrected chi connectivity index (χ4v) is 2.32. The molecule has 4 heteroatoms. The highest BCUT2D eigenvalue weighted by Crippen LogP contribution is 2.44. The van der Waals surface area contributed by atoms with Gasteiger partial charge in [-0.25, -0.2) is 0 Å². The van der Waals surface area contributed by atoms with E-state index in [4.69, 9.17) is 0 Å². The van der Waals surface area contributed by atoms with E-state index >= 15 is 0 Å². The molecule has 0 aromatic heterocycles. The zero-order valence-electron chi connectivity index (χ0n) is 9.79. The van der Waals surface area contributed by atoms with Crippen LogP contribution in [0.3, 0.4) is 0 Å². The van der Waals surface area contributed by atoms with Crippen molar-refractivity contribution >= 4 is 28.5 Å². The summed E-state index contributed by atoms with van der Waals surface area (Å²) in [5.74, 6) is -0.0437. The highest BCUT2D eigenvalue weighted by atomic mass is 127. The molecular weight excluding hydrogens is 329 g/mol. The molecule has 1 aromatic carbocycles. The first kappa shape index (κ1) is 12.8. The van der Waals surface area contributed by atoms with Crippen LogP contribution in [0.25, 0.3) is 0 Å². The number of rotatable bonds is 4. The molecule has 1 fully saturated rings. The second-order valence-corrected chi connectivity index (χ2v) is 5.99. The second-order valence-electron chi connectivity index (χ2n) is 4.82. The third-order valence-corrected chi connectivity index (χ3v) is 4.22. The van der Waals surface area contributed by atoms with Crippen molar-refractivity contribution in [2.75, 3.05) is 13.2 Å². The van der Waals surface area contributed by atoms with Crippen molar-refractivity contribution in [3.05, 3.63) is 32.9 Å². The van der Waals surface area contributed by atoms with E-state index in [2.05, 4.69) is 27.9 Å². The van der Waals surface area contributed by atoms with Gasteiger partial charge >= 0.3 is 0 Å². The van der Waals surface area contributed by atoms with E-state index in [9.17, 15) is 9.90 Å². The molecule has 0 unspecified atom stereocenters. The van der Waals surface area contributed by atoms with E-state index in [-0.39, 0.29) is 17.9 Å². The van der Waals surface area contributed by atoms with Crippen molar-refractivity contribution in [3.8, 4) is 0 Å². The lowest BCUT2D eigenvalue weighted by Crippen LogP contribution is -2.32. The zero-order valence-corrected chi connectivity index (χ0v) is 12.0. The Hall–Kier alpha value is -0.620. The third kappa shape index (κ3) is 2.98. The van der Waals surface area contributed by atoms with Gasteiger partial charge in [0.05, 0.1) is 12.2 Å². The molecular formula is C13H16INO2. The Morgan fingerprint density at radius 3 is 2.82 bits per heavy atom. The molecule has 17 heavy (non-hydrogen) atoms. The number of benzene rings is 1. The number of nitrogens with one attached hydrogen (secondary N) is 1. The summed E-state index contributed by atoms with van der Waals surface area (Å²) in [6, 6.07) is 5.84. The van der Waals surface area contributed by atoms with Crippen LogP contribution in [0.2, 0.25) is 0 Å². The molecule has 92 valence electrons. The summed E-state index contributed by atoms with van der Waals surface area (Å²) < 4.78 is 0.958. The minimum atomic E-state index is -0.0437. The summed E-state index contributed by atoms with van der Waals surface area (Å²) in [6.45, 7) is 2.72. The Labute approximate surface area is 115 Å². The van der Waals surface area contributed by atoms with Crippen molar-refractivity contribution in [2.24, 2.45) is 5.41 Å². The maximum Gasteiger partial charge on any atom is 0.252 e. The first-order chi connectivity index (χ1) is 8.06. The molecule has 0 heterocycles. The highest BCUT2D eigenvalue weighted by Gasteiger charge is 2.42. The number of hydrogen-bond donors (Lipinski definition) is 2. The minimum Gasteiger partial charge on any atom is -0.396 e. The molecule has 0 bridgehead atoms. The van der Waals surface area contributed by atoms with Gasteiger partial charge in [0.15, 0.2) is 0 Å². The molecule has 2 N–H and O–H groups in total. The first-order valence-corrected chi connectivity index (χ1v) is 6.79. The Kier molecular flexibility index (Phi) is 3.73. The van der Waals surface area contributed by atoms with Gasteiger partial charge in [0, 0.05) is 15.5 Å². The Morgan fingerprint density at radius 1 is 1.53 bits per heavy atom. The van der Waals surface area contributed by atoms with Crippen molar-refractivity contribution in [3.63, 3.8) is 0 Å². The van der Waals surface area contributed by atoms with Gasteiger partial charge in [-0.2, -0.15) is 0 Å². The summed E-state index contributed by atoms with van der Waals surface area (Å²) in [6.07, 6.45) is 2.02. The summed E-state index contributed by atoms with van der Waals surface area (Å²) in [5, 5.41) is 12.1. The molecule has 0 spiro atoms. The average Bonchev–Trinajstić information content (AvgIpc) is 3.10. The zero-order chi connectivity index (χ0) is 12.5. The highest BCUT2D eigenvalue weighted by molar-refractivity contribution is 14.1. The number of halogens is 1. The van der Waals surface area contributed by atoms with Gasteiger partial charge < -0.3 is 10.4 Å². The molecule has 0 radical (unpaired) electrons. The van der Waals surface area contributed by atoms with E-state index in [1.165, 1.54) is 0 Å². The van der Waals surface area contributed by atoms with Gasteiger partial charge in [-0.1, -0.05) is 11.6 Å². The van der Waals surface area contributed by atoms with Crippen LogP contribution in [-0.4, -0.2) is 24.2 Å². The third-order valence-electron chi connectivity index (χ3n) is 3.28. The molecule has 1 aliphatic rings. The van der Waals surface area contributed by atoms with E-state index in [1.54, 1.807) is 0 Å². The molecule has 0 atom stereocenters. The van der Waals surface area contributed by atoms with Crippen molar-refractivity contribution in [2.45, 2.75) is 19.8 Å². The standard InChI is InChI=1S/C13H16INO2/c1-9-2-3-11(14)10(6-9)12(17)15-7-13(8-16)4-5-13/h2-3,6,16H,4-5,7-8H2,1H3,(H,15,17). The number of amides is 1. The topological polar surface area (TPSA) is 49.3 Å². The van der Waals surface area contributed by atoms with Gasteiger partial charge in [0.2, 0.25) is 0 Å². The Bertz CT molecular complexity index is 441. The van der Waals surface area contributed by atoms with Crippen LogP contribution in [0.4, 0.5) is 0 Å². The molecule has 3 nitrogen and oxygen atoms in total. The predicted molar refractivity (Wildman–Crippen MR) is 75.0 cm³/mol. The molecule has 2 rings (SSSR count). The lowest BCUT2D eigenvalue weighted by Gasteiger charge is -2.13. The SMILES string of the molecule is Cc1ccc(I)c(C(=O)NCC2(CO)CC2)c1. The van der Waals surface area contributed by atoms with E-state index < -0.39 is 0 Å². The van der Waals surface area contributed by atoms with E-state index in [0.29, 0.717) is 6.54 Å².